The molecule has 2 aromatic rings. The van der Waals surface area contributed by atoms with Crippen LogP contribution >= 0.6 is 0 Å². The van der Waals surface area contributed by atoms with Gasteiger partial charge in [-0.1, -0.05) is 6.07 Å². The van der Waals surface area contributed by atoms with Crippen LogP contribution in [0.4, 0.5) is 5.69 Å². The lowest BCUT2D eigenvalue weighted by atomic mass is 10.1. The van der Waals surface area contributed by atoms with E-state index in [1.165, 1.54) is 17.7 Å². The molecule has 1 fully saturated rings. The van der Waals surface area contributed by atoms with Gasteiger partial charge in [-0.25, -0.2) is 0 Å². The monoisotopic (exact) mass is 371 g/mol. The smallest absolute Gasteiger partial charge is 0.269 e. The summed E-state index contributed by atoms with van der Waals surface area (Å²) in [5.41, 5.74) is 2.11. The fourth-order valence-corrected chi connectivity index (χ4v) is 3.22. The third-order valence-electron chi connectivity index (χ3n) is 4.63. The highest BCUT2D eigenvalue weighted by molar-refractivity contribution is 5.43. The first-order valence-corrected chi connectivity index (χ1v) is 9.04. The van der Waals surface area contributed by atoms with E-state index in [2.05, 4.69) is 23.2 Å². The molecule has 1 aliphatic rings. The molecule has 0 unspecified atom stereocenters. The lowest BCUT2D eigenvalue weighted by Gasteiger charge is -2.31. The average Bonchev–Trinajstić information content (AvgIpc) is 2.67. The van der Waals surface area contributed by atoms with Gasteiger partial charge in [0, 0.05) is 44.4 Å². The Hall–Kier alpha value is -2.64. The third-order valence-corrected chi connectivity index (χ3v) is 4.63. The van der Waals surface area contributed by atoms with Crippen LogP contribution in [0.3, 0.4) is 0 Å². The van der Waals surface area contributed by atoms with E-state index in [1.54, 1.807) is 19.2 Å². The number of non-ortho nitro benzene ring substituents is 1. The van der Waals surface area contributed by atoms with E-state index < -0.39 is 4.92 Å². The van der Waals surface area contributed by atoms with E-state index in [1.807, 2.05) is 12.1 Å². The minimum atomic E-state index is -0.409. The normalized spacial score (nSPS) is 17.5. The van der Waals surface area contributed by atoms with Crippen molar-refractivity contribution in [2.75, 3.05) is 26.7 Å². The summed E-state index contributed by atoms with van der Waals surface area (Å²) in [6.07, 6.45) is 0. The highest BCUT2D eigenvalue weighted by Crippen LogP contribution is 2.29. The van der Waals surface area contributed by atoms with Gasteiger partial charge in [-0.2, -0.15) is 0 Å². The highest BCUT2D eigenvalue weighted by Gasteiger charge is 2.16. The van der Waals surface area contributed by atoms with Crippen LogP contribution in [0.25, 0.3) is 0 Å². The molecule has 27 heavy (non-hydrogen) atoms. The molecule has 0 bridgehead atoms. The summed E-state index contributed by atoms with van der Waals surface area (Å²) >= 11 is 0. The summed E-state index contributed by atoms with van der Waals surface area (Å²) in [4.78, 5) is 12.8. The Labute approximate surface area is 159 Å². The summed E-state index contributed by atoms with van der Waals surface area (Å²) < 4.78 is 11.3. The highest BCUT2D eigenvalue weighted by atomic mass is 16.6. The van der Waals surface area contributed by atoms with Crippen molar-refractivity contribution in [3.8, 4) is 11.5 Å². The number of piperazine rings is 1. The Kier molecular flexibility index (Phi) is 6.26. The van der Waals surface area contributed by atoms with E-state index in [-0.39, 0.29) is 5.69 Å². The van der Waals surface area contributed by atoms with Gasteiger partial charge in [-0.3, -0.25) is 15.0 Å². The SMILES string of the molecule is COc1ccc(CN2CCN[C@H](C)C2)cc1OCc1ccc([N+](=O)[O-])cc1. The van der Waals surface area contributed by atoms with Crippen LogP contribution in [0, 0.1) is 10.1 Å². The van der Waals surface area contributed by atoms with Crippen LogP contribution in [0.1, 0.15) is 18.1 Å². The number of ether oxygens (including phenoxy) is 2. The van der Waals surface area contributed by atoms with Gasteiger partial charge in [0.2, 0.25) is 0 Å². The van der Waals surface area contributed by atoms with Crippen molar-refractivity contribution in [2.45, 2.75) is 26.1 Å². The molecule has 1 N–H and O–H groups in total. The average molecular weight is 371 g/mol. The minimum Gasteiger partial charge on any atom is -0.493 e. The maximum absolute atomic E-state index is 10.7. The Morgan fingerprint density at radius 2 is 1.93 bits per heavy atom. The second-order valence-electron chi connectivity index (χ2n) is 6.79. The van der Waals surface area contributed by atoms with Crippen molar-refractivity contribution < 1.29 is 14.4 Å². The molecule has 3 rings (SSSR count). The molecule has 0 spiro atoms. The largest absolute Gasteiger partial charge is 0.493 e. The molecule has 0 aliphatic carbocycles. The number of benzene rings is 2. The molecule has 0 amide bonds. The maximum Gasteiger partial charge on any atom is 0.269 e. The zero-order chi connectivity index (χ0) is 19.2. The van der Waals surface area contributed by atoms with Crippen molar-refractivity contribution in [3.63, 3.8) is 0 Å². The predicted octanol–water partition coefficient (Wildman–Crippen LogP) is 2.98. The zero-order valence-corrected chi connectivity index (χ0v) is 15.7. The number of nitrogens with zero attached hydrogens (tertiary/aromatic N) is 2. The quantitative estimate of drug-likeness (QED) is 0.596. The first-order valence-electron chi connectivity index (χ1n) is 9.04. The molecule has 7 heteroatoms. The number of rotatable bonds is 7. The number of nitro benzene ring substituents is 1. The fraction of sp³-hybridized carbons (Fsp3) is 0.400. The Morgan fingerprint density at radius 1 is 1.19 bits per heavy atom. The number of nitro groups is 1. The molecule has 1 aliphatic heterocycles. The molecular weight excluding hydrogens is 346 g/mol. The number of hydrogen-bond acceptors (Lipinski definition) is 6. The van der Waals surface area contributed by atoms with Crippen molar-refractivity contribution in [1.82, 2.24) is 10.2 Å². The van der Waals surface area contributed by atoms with E-state index in [0.29, 0.717) is 24.1 Å². The summed E-state index contributed by atoms with van der Waals surface area (Å²) in [5, 5.41) is 14.2. The second kappa shape index (κ2) is 8.83. The minimum absolute atomic E-state index is 0.0728. The Balaban J connectivity index is 1.67. The molecule has 144 valence electrons. The van der Waals surface area contributed by atoms with Gasteiger partial charge in [0.25, 0.3) is 5.69 Å². The van der Waals surface area contributed by atoms with Gasteiger partial charge in [0.05, 0.1) is 12.0 Å². The molecule has 1 saturated heterocycles. The molecule has 7 nitrogen and oxygen atoms in total. The molecule has 0 radical (unpaired) electrons. The van der Waals surface area contributed by atoms with Crippen molar-refractivity contribution in [2.24, 2.45) is 0 Å². The van der Waals surface area contributed by atoms with Crippen molar-refractivity contribution in [3.05, 3.63) is 63.7 Å². The summed E-state index contributed by atoms with van der Waals surface area (Å²) in [7, 11) is 1.62. The number of hydrogen-bond donors (Lipinski definition) is 1. The van der Waals surface area contributed by atoms with Gasteiger partial charge in [-0.05, 0) is 42.3 Å². The molecule has 1 atom stereocenters. The van der Waals surface area contributed by atoms with Crippen LogP contribution in [0.15, 0.2) is 42.5 Å². The predicted molar refractivity (Wildman–Crippen MR) is 103 cm³/mol. The van der Waals surface area contributed by atoms with E-state index >= 15 is 0 Å². The van der Waals surface area contributed by atoms with E-state index in [0.717, 1.165) is 31.7 Å². The molecule has 1 heterocycles. The van der Waals surface area contributed by atoms with E-state index in [9.17, 15) is 10.1 Å². The van der Waals surface area contributed by atoms with Crippen LogP contribution in [0.2, 0.25) is 0 Å². The summed E-state index contributed by atoms with van der Waals surface area (Å²) in [6, 6.07) is 12.9. The topological polar surface area (TPSA) is 76.9 Å². The first kappa shape index (κ1) is 19.1. The molecule has 0 saturated carbocycles. The number of nitrogens with one attached hydrogen (secondary N) is 1. The summed E-state index contributed by atoms with van der Waals surface area (Å²) in [5.74, 6) is 1.35. The molecule has 2 aromatic carbocycles. The van der Waals surface area contributed by atoms with Gasteiger partial charge in [0.15, 0.2) is 11.5 Å². The van der Waals surface area contributed by atoms with Gasteiger partial charge in [-0.15, -0.1) is 0 Å². The van der Waals surface area contributed by atoms with Gasteiger partial charge >= 0.3 is 0 Å². The van der Waals surface area contributed by atoms with Crippen molar-refractivity contribution >= 4 is 5.69 Å². The van der Waals surface area contributed by atoms with Crippen LogP contribution in [-0.4, -0.2) is 42.6 Å². The first-order chi connectivity index (χ1) is 13.0. The standard InChI is InChI=1S/C20H25N3O4/c1-15-12-22(10-9-21-15)13-17-5-8-19(26-2)20(11-17)27-14-16-3-6-18(7-4-16)23(24)25/h3-8,11,15,21H,9-10,12-14H2,1-2H3/t15-/m1/s1. The van der Waals surface area contributed by atoms with Crippen LogP contribution in [-0.2, 0) is 13.2 Å². The van der Waals surface area contributed by atoms with E-state index in [4.69, 9.17) is 9.47 Å². The fourth-order valence-electron chi connectivity index (χ4n) is 3.22. The Morgan fingerprint density at radius 3 is 2.59 bits per heavy atom. The van der Waals surface area contributed by atoms with Crippen LogP contribution < -0.4 is 14.8 Å². The van der Waals surface area contributed by atoms with Crippen LogP contribution in [0.5, 0.6) is 11.5 Å². The zero-order valence-electron chi connectivity index (χ0n) is 15.7. The lowest BCUT2D eigenvalue weighted by Crippen LogP contribution is -2.48. The van der Waals surface area contributed by atoms with Crippen molar-refractivity contribution in [1.29, 1.82) is 0 Å². The maximum atomic E-state index is 10.7. The van der Waals surface area contributed by atoms with Gasteiger partial charge in [0.1, 0.15) is 6.61 Å². The number of methoxy groups -OCH3 is 1. The summed E-state index contributed by atoms with van der Waals surface area (Å²) in [6.45, 7) is 6.42. The van der Waals surface area contributed by atoms with Gasteiger partial charge < -0.3 is 14.8 Å². The molecule has 0 aromatic heterocycles. The molecular formula is C20H25N3O4. The Bertz CT molecular complexity index is 779. The lowest BCUT2D eigenvalue weighted by molar-refractivity contribution is -0.384. The second-order valence-corrected chi connectivity index (χ2v) is 6.79. The third kappa shape index (κ3) is 5.18.